The van der Waals surface area contributed by atoms with E-state index in [1.165, 1.54) is 11.3 Å². The van der Waals surface area contributed by atoms with E-state index in [1.54, 1.807) is 12.1 Å². The van der Waals surface area contributed by atoms with Gasteiger partial charge >= 0.3 is 0 Å². The Morgan fingerprint density at radius 2 is 1.43 bits per heavy atom. The number of rotatable bonds is 6. The number of hydrogen-bond acceptors (Lipinski definition) is 5. The van der Waals surface area contributed by atoms with E-state index >= 15 is 0 Å². The van der Waals surface area contributed by atoms with Crippen molar-refractivity contribution in [3.63, 3.8) is 0 Å². The molecule has 1 aromatic rings. The summed E-state index contributed by atoms with van der Waals surface area (Å²) >= 11 is 1.21. The molecule has 2 aliphatic heterocycles. The minimum absolute atomic E-state index is 0.119. The summed E-state index contributed by atoms with van der Waals surface area (Å²) < 4.78 is 11.0. The van der Waals surface area contributed by atoms with Gasteiger partial charge in [-0.05, 0) is 37.8 Å². The van der Waals surface area contributed by atoms with Crippen LogP contribution in [0.1, 0.15) is 45.0 Å². The van der Waals surface area contributed by atoms with E-state index in [0.717, 1.165) is 38.9 Å². The Bertz CT molecular complexity index is 502. The average Bonchev–Trinajstić information content (AvgIpc) is 3.32. The van der Waals surface area contributed by atoms with Crippen LogP contribution in [-0.4, -0.2) is 50.3 Å². The lowest BCUT2D eigenvalue weighted by atomic mass is 10.2. The molecule has 6 nitrogen and oxygen atoms in total. The molecule has 2 atom stereocenters. The van der Waals surface area contributed by atoms with Crippen LogP contribution in [0.2, 0.25) is 0 Å². The molecule has 1 aromatic heterocycles. The molecule has 0 unspecified atom stereocenters. The van der Waals surface area contributed by atoms with Gasteiger partial charge in [-0.1, -0.05) is 0 Å². The van der Waals surface area contributed by atoms with Crippen LogP contribution in [-0.2, 0) is 9.47 Å². The molecule has 7 heteroatoms. The predicted molar refractivity (Wildman–Crippen MR) is 86.9 cm³/mol. The van der Waals surface area contributed by atoms with Crippen molar-refractivity contribution in [1.29, 1.82) is 0 Å². The van der Waals surface area contributed by atoms with Gasteiger partial charge in [-0.3, -0.25) is 9.59 Å². The largest absolute Gasteiger partial charge is 0.376 e. The van der Waals surface area contributed by atoms with E-state index in [0.29, 0.717) is 22.8 Å². The quantitative estimate of drug-likeness (QED) is 0.825. The zero-order valence-corrected chi connectivity index (χ0v) is 13.8. The number of carbonyl (C=O) groups is 2. The van der Waals surface area contributed by atoms with Gasteiger partial charge in [0.15, 0.2) is 0 Å². The fourth-order valence-electron chi connectivity index (χ4n) is 2.78. The van der Waals surface area contributed by atoms with Gasteiger partial charge in [0.25, 0.3) is 11.8 Å². The van der Waals surface area contributed by atoms with Crippen LogP contribution in [0.15, 0.2) is 12.1 Å². The summed E-state index contributed by atoms with van der Waals surface area (Å²) in [7, 11) is 0. The third-order valence-corrected chi connectivity index (χ3v) is 5.16. The van der Waals surface area contributed by atoms with Gasteiger partial charge in [-0.2, -0.15) is 0 Å². The van der Waals surface area contributed by atoms with E-state index in [1.807, 2.05) is 0 Å². The van der Waals surface area contributed by atoms with Crippen molar-refractivity contribution in [2.45, 2.75) is 37.9 Å². The molecule has 3 rings (SSSR count). The zero-order valence-electron chi connectivity index (χ0n) is 13.0. The van der Waals surface area contributed by atoms with Crippen LogP contribution in [0.25, 0.3) is 0 Å². The lowest BCUT2D eigenvalue weighted by Gasteiger charge is -2.10. The fourth-order valence-corrected chi connectivity index (χ4v) is 3.62. The number of nitrogens with one attached hydrogen (secondary N) is 2. The average molecular weight is 338 g/mol. The van der Waals surface area contributed by atoms with Gasteiger partial charge in [0.2, 0.25) is 0 Å². The normalized spacial score (nSPS) is 23.8. The first-order valence-corrected chi connectivity index (χ1v) is 8.93. The SMILES string of the molecule is O=C(NC[C@H]1CCCO1)c1ccc(C(=O)NC[C@@H]2CCCO2)s1. The van der Waals surface area contributed by atoms with Crippen LogP contribution < -0.4 is 10.6 Å². The van der Waals surface area contributed by atoms with Crippen LogP contribution in [0.3, 0.4) is 0 Å². The molecule has 0 saturated carbocycles. The maximum absolute atomic E-state index is 12.1. The molecule has 0 aliphatic carbocycles. The summed E-state index contributed by atoms with van der Waals surface area (Å²) in [5, 5.41) is 5.73. The molecule has 0 aromatic carbocycles. The molecule has 23 heavy (non-hydrogen) atoms. The maximum Gasteiger partial charge on any atom is 0.261 e. The van der Waals surface area contributed by atoms with E-state index in [-0.39, 0.29) is 24.0 Å². The Morgan fingerprint density at radius 1 is 0.957 bits per heavy atom. The van der Waals surface area contributed by atoms with Crippen LogP contribution in [0, 0.1) is 0 Å². The lowest BCUT2D eigenvalue weighted by Crippen LogP contribution is -2.31. The van der Waals surface area contributed by atoms with Gasteiger partial charge in [-0.25, -0.2) is 0 Å². The minimum Gasteiger partial charge on any atom is -0.376 e. The van der Waals surface area contributed by atoms with E-state index in [9.17, 15) is 9.59 Å². The van der Waals surface area contributed by atoms with Crippen molar-refractivity contribution in [3.8, 4) is 0 Å². The number of hydrogen-bond donors (Lipinski definition) is 2. The van der Waals surface area contributed by atoms with Gasteiger partial charge in [0.1, 0.15) is 0 Å². The van der Waals surface area contributed by atoms with Gasteiger partial charge < -0.3 is 20.1 Å². The van der Waals surface area contributed by atoms with Crippen molar-refractivity contribution in [1.82, 2.24) is 10.6 Å². The van der Waals surface area contributed by atoms with Crippen molar-refractivity contribution < 1.29 is 19.1 Å². The van der Waals surface area contributed by atoms with Crippen LogP contribution >= 0.6 is 11.3 Å². The molecule has 126 valence electrons. The van der Waals surface area contributed by atoms with Gasteiger partial charge in [-0.15, -0.1) is 11.3 Å². The van der Waals surface area contributed by atoms with Gasteiger partial charge in [0.05, 0.1) is 22.0 Å². The van der Waals surface area contributed by atoms with Crippen molar-refractivity contribution in [3.05, 3.63) is 21.9 Å². The first-order valence-electron chi connectivity index (χ1n) is 8.12. The highest BCUT2D eigenvalue weighted by Gasteiger charge is 2.20. The molecule has 0 spiro atoms. The second-order valence-electron chi connectivity index (χ2n) is 5.85. The third-order valence-electron chi connectivity index (χ3n) is 4.08. The Labute approximate surface area is 139 Å². The van der Waals surface area contributed by atoms with Crippen molar-refractivity contribution >= 4 is 23.2 Å². The highest BCUT2D eigenvalue weighted by Crippen LogP contribution is 2.17. The minimum atomic E-state index is -0.149. The smallest absolute Gasteiger partial charge is 0.261 e. The van der Waals surface area contributed by atoms with Crippen LogP contribution in [0.4, 0.5) is 0 Å². The molecule has 0 bridgehead atoms. The Morgan fingerprint density at radius 3 is 1.83 bits per heavy atom. The number of amides is 2. The highest BCUT2D eigenvalue weighted by molar-refractivity contribution is 7.15. The summed E-state index contributed by atoms with van der Waals surface area (Å²) in [5.41, 5.74) is 0. The number of carbonyl (C=O) groups excluding carboxylic acids is 2. The van der Waals surface area contributed by atoms with E-state index in [4.69, 9.17) is 9.47 Å². The lowest BCUT2D eigenvalue weighted by molar-refractivity contribution is 0.0859. The van der Waals surface area contributed by atoms with Crippen molar-refractivity contribution in [2.24, 2.45) is 0 Å². The highest BCUT2D eigenvalue weighted by atomic mass is 32.1. The molecule has 2 fully saturated rings. The maximum atomic E-state index is 12.1. The number of thiophene rings is 1. The third kappa shape index (κ3) is 4.53. The Kier molecular flexibility index (Phi) is 5.64. The molecule has 2 amide bonds. The fraction of sp³-hybridized carbons (Fsp3) is 0.625. The summed E-state index contributed by atoms with van der Waals surface area (Å²) in [6, 6.07) is 3.38. The zero-order chi connectivity index (χ0) is 16.1. The van der Waals surface area contributed by atoms with Crippen LogP contribution in [0.5, 0.6) is 0 Å². The first kappa shape index (κ1) is 16.4. The molecule has 0 radical (unpaired) electrons. The molecule has 2 aliphatic rings. The monoisotopic (exact) mass is 338 g/mol. The summed E-state index contributed by atoms with van der Waals surface area (Å²) in [6.45, 7) is 2.59. The summed E-state index contributed by atoms with van der Waals surface area (Å²) in [6.07, 6.45) is 4.31. The van der Waals surface area contributed by atoms with E-state index < -0.39 is 0 Å². The second kappa shape index (κ2) is 7.90. The summed E-state index contributed by atoms with van der Waals surface area (Å²) in [5.74, 6) is -0.299. The Balaban J connectivity index is 1.46. The summed E-state index contributed by atoms with van der Waals surface area (Å²) in [4.78, 5) is 25.3. The first-order chi connectivity index (χ1) is 11.2. The predicted octanol–water partition coefficient (Wildman–Crippen LogP) is 1.57. The van der Waals surface area contributed by atoms with Gasteiger partial charge in [0, 0.05) is 26.3 Å². The molecule has 2 saturated heterocycles. The topological polar surface area (TPSA) is 76.7 Å². The standard InChI is InChI=1S/C16H22N2O4S/c19-15(17-9-11-3-1-7-21-11)13-5-6-14(23-13)16(20)18-10-12-4-2-8-22-12/h5-6,11-12H,1-4,7-10H2,(H,17,19)(H,18,20)/t11-,12+. The molecular weight excluding hydrogens is 316 g/mol. The molecule has 2 N–H and O–H groups in total. The van der Waals surface area contributed by atoms with E-state index in [2.05, 4.69) is 10.6 Å². The second-order valence-corrected chi connectivity index (χ2v) is 6.94. The number of ether oxygens (including phenoxy) is 2. The van der Waals surface area contributed by atoms with Crippen molar-refractivity contribution in [2.75, 3.05) is 26.3 Å². The molecular formula is C16H22N2O4S. The Hall–Kier alpha value is -1.44. The molecule has 3 heterocycles.